The predicted molar refractivity (Wildman–Crippen MR) is 137 cm³/mol. The number of hydrogen-bond acceptors (Lipinski definition) is 3. The number of benzene rings is 2. The van der Waals surface area contributed by atoms with Crippen molar-refractivity contribution in [3.8, 4) is 5.75 Å². The van der Waals surface area contributed by atoms with E-state index < -0.39 is 0 Å². The van der Waals surface area contributed by atoms with E-state index in [1.54, 1.807) is 7.05 Å². The molecular weight excluding hydrogens is 501 g/mol. The standard InChI is InChI=1S/C24H31N5O.HI/c1-19-16-20(2)29(28-19)15-9-14-26-24(25-3)27-17-21-10-7-8-11-22(21)18-30-23-12-5-4-6-13-23;/h4-8,10-13,16H,9,14-15,17-18H2,1-3H3,(H2,25,26,27);1H. The highest BCUT2D eigenvalue weighted by Gasteiger charge is 2.05. The molecule has 0 atom stereocenters. The first-order valence-electron chi connectivity index (χ1n) is 10.4. The van der Waals surface area contributed by atoms with Crippen LogP contribution in [0.4, 0.5) is 0 Å². The summed E-state index contributed by atoms with van der Waals surface area (Å²) in [5, 5.41) is 11.3. The molecule has 2 aromatic carbocycles. The van der Waals surface area contributed by atoms with Gasteiger partial charge < -0.3 is 15.4 Å². The van der Waals surface area contributed by atoms with Gasteiger partial charge in [0.25, 0.3) is 0 Å². The lowest BCUT2D eigenvalue weighted by atomic mass is 10.1. The second-order valence-electron chi connectivity index (χ2n) is 7.23. The topological polar surface area (TPSA) is 63.5 Å². The summed E-state index contributed by atoms with van der Waals surface area (Å²) >= 11 is 0. The lowest BCUT2D eigenvalue weighted by Gasteiger charge is -2.15. The summed E-state index contributed by atoms with van der Waals surface area (Å²) in [6.45, 7) is 7.06. The van der Waals surface area contributed by atoms with Crippen molar-refractivity contribution in [3.63, 3.8) is 0 Å². The maximum atomic E-state index is 5.92. The molecule has 1 heterocycles. The van der Waals surface area contributed by atoms with Crippen molar-refractivity contribution in [1.29, 1.82) is 0 Å². The zero-order valence-corrected chi connectivity index (χ0v) is 20.8. The molecule has 31 heavy (non-hydrogen) atoms. The number of rotatable bonds is 9. The number of ether oxygens (including phenoxy) is 1. The minimum atomic E-state index is 0. The molecule has 3 aromatic rings. The van der Waals surface area contributed by atoms with Gasteiger partial charge >= 0.3 is 0 Å². The van der Waals surface area contributed by atoms with Crippen LogP contribution in [0.15, 0.2) is 65.7 Å². The van der Waals surface area contributed by atoms with Gasteiger partial charge in [-0.1, -0.05) is 42.5 Å². The Labute approximate surface area is 202 Å². The molecule has 0 aliphatic rings. The molecule has 0 fully saturated rings. The molecule has 3 rings (SSSR count). The molecule has 2 N–H and O–H groups in total. The molecule has 0 saturated heterocycles. The van der Waals surface area contributed by atoms with Crippen LogP contribution in [0.2, 0.25) is 0 Å². The third-order valence-electron chi connectivity index (χ3n) is 4.87. The van der Waals surface area contributed by atoms with Gasteiger partial charge in [-0.2, -0.15) is 5.10 Å². The molecule has 0 amide bonds. The number of guanidine groups is 1. The number of aryl methyl sites for hydroxylation is 3. The first-order valence-corrected chi connectivity index (χ1v) is 10.4. The average molecular weight is 533 g/mol. The summed E-state index contributed by atoms with van der Waals surface area (Å²) in [6, 6.07) is 20.3. The molecule has 0 spiro atoms. The molecule has 0 radical (unpaired) electrons. The summed E-state index contributed by atoms with van der Waals surface area (Å²) in [7, 11) is 1.79. The maximum absolute atomic E-state index is 5.92. The Kier molecular flexibility index (Phi) is 10.4. The largest absolute Gasteiger partial charge is 0.489 e. The quantitative estimate of drug-likeness (QED) is 0.185. The van der Waals surface area contributed by atoms with E-state index in [0.717, 1.165) is 42.5 Å². The third-order valence-corrected chi connectivity index (χ3v) is 4.87. The van der Waals surface area contributed by atoms with Gasteiger partial charge in [-0.3, -0.25) is 9.67 Å². The Balaban J connectivity index is 0.00000341. The van der Waals surface area contributed by atoms with Gasteiger partial charge in [-0.05, 0) is 49.6 Å². The highest BCUT2D eigenvalue weighted by molar-refractivity contribution is 14.0. The van der Waals surface area contributed by atoms with Crippen LogP contribution in [0.5, 0.6) is 5.75 Å². The molecule has 166 valence electrons. The van der Waals surface area contributed by atoms with Crippen LogP contribution in [-0.2, 0) is 19.7 Å². The van der Waals surface area contributed by atoms with E-state index in [1.807, 2.05) is 49.4 Å². The summed E-state index contributed by atoms with van der Waals surface area (Å²) in [4.78, 5) is 4.33. The van der Waals surface area contributed by atoms with E-state index in [1.165, 1.54) is 11.3 Å². The minimum absolute atomic E-state index is 0. The molecule has 0 bridgehead atoms. The van der Waals surface area contributed by atoms with Crippen LogP contribution in [-0.4, -0.2) is 29.3 Å². The Morgan fingerprint density at radius 2 is 1.71 bits per heavy atom. The molecule has 0 aliphatic heterocycles. The third kappa shape index (κ3) is 7.90. The Morgan fingerprint density at radius 3 is 2.39 bits per heavy atom. The van der Waals surface area contributed by atoms with Crippen molar-refractivity contribution in [2.24, 2.45) is 4.99 Å². The van der Waals surface area contributed by atoms with Gasteiger partial charge in [0.15, 0.2) is 5.96 Å². The number of aromatic nitrogens is 2. The van der Waals surface area contributed by atoms with Crippen LogP contribution in [0.1, 0.15) is 28.9 Å². The van der Waals surface area contributed by atoms with Gasteiger partial charge in [0.05, 0.1) is 5.69 Å². The Bertz CT molecular complexity index is 956. The maximum Gasteiger partial charge on any atom is 0.191 e. The first-order chi connectivity index (χ1) is 14.7. The predicted octanol–water partition coefficient (Wildman–Crippen LogP) is 4.45. The van der Waals surface area contributed by atoms with Crippen molar-refractivity contribution >= 4 is 29.9 Å². The van der Waals surface area contributed by atoms with E-state index in [-0.39, 0.29) is 24.0 Å². The van der Waals surface area contributed by atoms with Crippen LogP contribution in [0.25, 0.3) is 0 Å². The van der Waals surface area contributed by atoms with Crippen molar-refractivity contribution in [2.75, 3.05) is 13.6 Å². The van der Waals surface area contributed by atoms with E-state index in [0.29, 0.717) is 13.2 Å². The fourth-order valence-electron chi connectivity index (χ4n) is 3.29. The van der Waals surface area contributed by atoms with Gasteiger partial charge in [-0.25, -0.2) is 0 Å². The second-order valence-corrected chi connectivity index (χ2v) is 7.23. The first kappa shape index (κ1) is 24.7. The van der Waals surface area contributed by atoms with Gasteiger partial charge in [-0.15, -0.1) is 24.0 Å². The molecule has 0 saturated carbocycles. The normalized spacial score (nSPS) is 11.0. The Morgan fingerprint density at radius 1 is 1.00 bits per heavy atom. The number of nitrogens with zero attached hydrogens (tertiary/aromatic N) is 3. The lowest BCUT2D eigenvalue weighted by Crippen LogP contribution is -2.37. The minimum Gasteiger partial charge on any atom is -0.489 e. The van der Waals surface area contributed by atoms with E-state index in [9.17, 15) is 0 Å². The second kappa shape index (κ2) is 13.0. The average Bonchev–Trinajstić information content (AvgIpc) is 3.10. The number of hydrogen-bond donors (Lipinski definition) is 2. The monoisotopic (exact) mass is 533 g/mol. The van der Waals surface area contributed by atoms with E-state index >= 15 is 0 Å². The van der Waals surface area contributed by atoms with Crippen LogP contribution >= 0.6 is 24.0 Å². The molecule has 1 aromatic heterocycles. The zero-order valence-electron chi connectivity index (χ0n) is 18.5. The SMILES string of the molecule is CN=C(NCCCn1nc(C)cc1C)NCc1ccccc1COc1ccccc1.I. The van der Waals surface area contributed by atoms with E-state index in [2.05, 4.69) is 50.5 Å². The van der Waals surface area contributed by atoms with Crippen LogP contribution in [0.3, 0.4) is 0 Å². The van der Waals surface area contributed by atoms with Crippen molar-refractivity contribution in [2.45, 2.75) is 40.0 Å². The molecular formula is C24H32IN5O. The van der Waals surface area contributed by atoms with Gasteiger partial charge in [0.2, 0.25) is 0 Å². The van der Waals surface area contributed by atoms with E-state index in [4.69, 9.17) is 4.74 Å². The summed E-state index contributed by atoms with van der Waals surface area (Å²) in [5.74, 6) is 1.67. The van der Waals surface area contributed by atoms with Crippen LogP contribution < -0.4 is 15.4 Å². The number of halogens is 1. The number of aliphatic imine (C=N–C) groups is 1. The summed E-state index contributed by atoms with van der Waals surface area (Å²) in [6.07, 6.45) is 0.976. The van der Waals surface area contributed by atoms with Crippen molar-refractivity contribution in [3.05, 3.63) is 83.2 Å². The molecule has 0 unspecified atom stereocenters. The fourth-order valence-corrected chi connectivity index (χ4v) is 3.29. The number of para-hydroxylation sites is 1. The smallest absolute Gasteiger partial charge is 0.191 e. The fraction of sp³-hybridized carbons (Fsp3) is 0.333. The van der Waals surface area contributed by atoms with Gasteiger partial charge in [0, 0.05) is 32.4 Å². The molecule has 7 heteroatoms. The zero-order chi connectivity index (χ0) is 21.2. The molecule has 6 nitrogen and oxygen atoms in total. The lowest BCUT2D eigenvalue weighted by molar-refractivity contribution is 0.305. The molecule has 0 aliphatic carbocycles. The number of nitrogens with one attached hydrogen (secondary N) is 2. The highest BCUT2D eigenvalue weighted by atomic mass is 127. The summed E-state index contributed by atoms with van der Waals surface area (Å²) in [5.41, 5.74) is 4.62. The van der Waals surface area contributed by atoms with Crippen LogP contribution in [0, 0.1) is 13.8 Å². The highest BCUT2D eigenvalue weighted by Crippen LogP contribution is 2.14. The van der Waals surface area contributed by atoms with Crippen molar-refractivity contribution < 1.29 is 4.74 Å². The van der Waals surface area contributed by atoms with Gasteiger partial charge in [0.1, 0.15) is 12.4 Å². The summed E-state index contributed by atoms with van der Waals surface area (Å²) < 4.78 is 7.97. The Hall–Kier alpha value is -2.55. The van der Waals surface area contributed by atoms with Crippen molar-refractivity contribution in [1.82, 2.24) is 20.4 Å².